The Morgan fingerprint density at radius 1 is 0.892 bits per heavy atom. The van der Waals surface area contributed by atoms with Gasteiger partial charge in [-0.2, -0.15) is 9.78 Å². The van der Waals surface area contributed by atoms with E-state index < -0.39 is 41.1 Å². The summed E-state index contributed by atoms with van der Waals surface area (Å²) in [6.07, 6.45) is 10.4. The average molecular weight is 923 g/mol. The topological polar surface area (TPSA) is 184 Å². The van der Waals surface area contributed by atoms with Crippen LogP contribution in [0.25, 0.3) is 10.4 Å². The van der Waals surface area contributed by atoms with Crippen molar-refractivity contribution in [2.45, 2.75) is 154 Å². The fraction of sp³-hybridized carbons (Fsp3) is 0.735. The minimum atomic E-state index is -0.921. The molecule has 4 bridgehead atoms. The Bertz CT molecular complexity index is 1960. The predicted octanol–water partition coefficient (Wildman–Crippen LogP) is 6.18. The van der Waals surface area contributed by atoms with Gasteiger partial charge in [-0.25, -0.2) is 4.98 Å². The molecule has 2 spiro atoms. The molecule has 5 aliphatic carbocycles. The van der Waals surface area contributed by atoms with E-state index in [0.29, 0.717) is 51.0 Å². The average Bonchev–Trinajstić information content (AvgIpc) is 4.00. The summed E-state index contributed by atoms with van der Waals surface area (Å²) < 4.78 is 23.9. The third-order valence-corrected chi connectivity index (χ3v) is 15.8. The van der Waals surface area contributed by atoms with Gasteiger partial charge in [0.25, 0.3) is 0 Å². The van der Waals surface area contributed by atoms with Gasteiger partial charge in [-0.15, -0.1) is 11.3 Å². The number of hydrogen-bond donors (Lipinski definition) is 3. The van der Waals surface area contributed by atoms with Crippen molar-refractivity contribution in [3.8, 4) is 10.4 Å². The first-order chi connectivity index (χ1) is 31.2. The van der Waals surface area contributed by atoms with E-state index in [4.69, 9.17) is 28.7 Å². The van der Waals surface area contributed by atoms with Crippen LogP contribution in [0, 0.1) is 35.5 Å². The van der Waals surface area contributed by atoms with Crippen LogP contribution in [0.2, 0.25) is 0 Å². The highest BCUT2D eigenvalue weighted by molar-refractivity contribution is 7.13. The zero-order valence-corrected chi connectivity index (χ0v) is 39.6. The molecule has 1 aromatic carbocycles. The molecule has 0 radical (unpaired) electrons. The molecule has 16 heteroatoms. The zero-order valence-electron chi connectivity index (χ0n) is 38.7. The van der Waals surface area contributed by atoms with Crippen LogP contribution in [-0.4, -0.2) is 114 Å². The summed E-state index contributed by atoms with van der Waals surface area (Å²) in [6, 6.07) is 6.11. The van der Waals surface area contributed by atoms with Crippen LogP contribution in [0.5, 0.6) is 0 Å². The highest BCUT2D eigenvalue weighted by Gasteiger charge is 2.70. The van der Waals surface area contributed by atoms with Crippen LogP contribution in [0.4, 0.5) is 0 Å². The molecular formula is C49H70N4O11S. The number of aliphatic hydroxyl groups is 1. The monoisotopic (exact) mass is 922 g/mol. The number of ketones is 1. The van der Waals surface area contributed by atoms with E-state index >= 15 is 0 Å². The van der Waals surface area contributed by atoms with Crippen molar-refractivity contribution < 1.29 is 53.0 Å². The summed E-state index contributed by atoms with van der Waals surface area (Å²) in [7, 11) is 0. The number of hydrogen-bond acceptors (Lipinski definition) is 13. The number of β-amino-alcohol motifs (C(OH)–C–C–N with tert-alkyl or cyclic N) is 1. The third kappa shape index (κ3) is 10.9. The number of carbonyl (C=O) groups excluding carboxylic acids is 4. The number of likely N-dealkylation sites (tertiary alicyclic amines) is 1. The number of Topliss-reactive ketones (excluding diaryl/α,β-unsaturated/α-hetero) is 1. The van der Waals surface area contributed by atoms with E-state index in [2.05, 4.69) is 15.6 Å². The molecular weight excluding hydrogens is 853 g/mol. The van der Waals surface area contributed by atoms with E-state index in [1.54, 1.807) is 11.3 Å². The number of aromatic nitrogens is 1. The number of aliphatic hydroxyl groups excluding tert-OH is 1. The van der Waals surface area contributed by atoms with Gasteiger partial charge in [0.2, 0.25) is 29.3 Å². The van der Waals surface area contributed by atoms with E-state index in [-0.39, 0.29) is 68.2 Å². The third-order valence-electron chi connectivity index (χ3n) is 14.8. The standard InChI is InChI=1S/C49H70N4O11S/c1-32-42(65-31-51-32)35-12-10-33(11-13-35)29-50-44(57)39-25-38(54)30-53(39)45(58)43(46(2,3)4)52-41(56)14-18-60-20-22-61-21-19-59-17-8-9-40(55)47-26-34-23-36(27-47)49(37(24-34)28-47)62-48(63-64-49)15-6-5-7-16-48/h10-13,31,34,36-39,43,54H,5-9,14-30H2,1-4H3,(H,50,57)(H,52,56). The number of benzene rings is 1. The maximum absolute atomic E-state index is 14.0. The van der Waals surface area contributed by atoms with Crippen LogP contribution in [0.1, 0.15) is 122 Å². The molecule has 9 rings (SSSR count). The molecule has 358 valence electrons. The number of nitrogens with one attached hydrogen (secondary N) is 2. The number of aryl methyl sites for hydroxylation is 1. The summed E-state index contributed by atoms with van der Waals surface area (Å²) in [5.74, 6) is -1.06. The SMILES string of the molecule is Cc1ncsc1-c1ccc(CNC(=O)C2CC(O)CN2C(=O)C(NC(=O)CCOCCOCCOCCCC(=O)C23CC4CC(C2)C2(OOC5(CCCCC5)O2)C(C4)C3)C(C)(C)C)cc1. The first kappa shape index (κ1) is 48.1. The molecule has 15 nitrogen and oxygen atoms in total. The largest absolute Gasteiger partial charge is 0.391 e. The van der Waals surface area contributed by atoms with Gasteiger partial charge < -0.3 is 39.6 Å². The van der Waals surface area contributed by atoms with Crippen molar-refractivity contribution in [1.29, 1.82) is 0 Å². The maximum Gasteiger partial charge on any atom is 0.246 e. The Kier molecular flexibility index (Phi) is 15.2. The van der Waals surface area contributed by atoms with Gasteiger partial charge in [-0.1, -0.05) is 51.5 Å². The molecule has 65 heavy (non-hydrogen) atoms. The normalized spacial score (nSPS) is 29.4. The van der Waals surface area contributed by atoms with E-state index in [9.17, 15) is 24.3 Å². The smallest absolute Gasteiger partial charge is 0.246 e. The second-order valence-corrected chi connectivity index (χ2v) is 21.5. The quantitative estimate of drug-likeness (QED) is 0.102. The van der Waals surface area contributed by atoms with Gasteiger partial charge in [0.15, 0.2) is 0 Å². The molecule has 5 saturated carbocycles. The number of carbonyl (C=O) groups is 4. The fourth-order valence-corrected chi connectivity index (χ4v) is 12.4. The number of ether oxygens (including phenoxy) is 4. The van der Waals surface area contributed by atoms with Gasteiger partial charge >= 0.3 is 0 Å². The molecule has 5 atom stereocenters. The summed E-state index contributed by atoms with van der Waals surface area (Å²) in [6.45, 7) is 9.86. The fourth-order valence-electron chi connectivity index (χ4n) is 11.6. The Morgan fingerprint density at radius 2 is 1.57 bits per heavy atom. The van der Waals surface area contributed by atoms with Crippen molar-refractivity contribution in [3.63, 3.8) is 0 Å². The van der Waals surface area contributed by atoms with Gasteiger partial charge in [0.1, 0.15) is 17.9 Å². The molecule has 3 N–H and O–H groups in total. The first-order valence-corrected chi connectivity index (χ1v) is 25.0. The van der Waals surface area contributed by atoms with Gasteiger partial charge in [0.05, 0.1) is 55.2 Å². The first-order valence-electron chi connectivity index (χ1n) is 24.1. The molecule has 2 saturated heterocycles. The molecule has 2 aromatic rings. The summed E-state index contributed by atoms with van der Waals surface area (Å²) >= 11 is 1.58. The summed E-state index contributed by atoms with van der Waals surface area (Å²) in [4.78, 5) is 73.2. The molecule has 3 heterocycles. The van der Waals surface area contributed by atoms with Crippen molar-refractivity contribution >= 4 is 34.8 Å². The van der Waals surface area contributed by atoms with Crippen molar-refractivity contribution in [1.82, 2.24) is 20.5 Å². The number of nitrogens with zero attached hydrogens (tertiary/aromatic N) is 2. The zero-order chi connectivity index (χ0) is 45.8. The van der Waals surface area contributed by atoms with E-state index in [0.717, 1.165) is 79.5 Å². The van der Waals surface area contributed by atoms with Crippen molar-refractivity contribution in [2.24, 2.45) is 28.6 Å². The molecule has 7 aliphatic rings. The number of amides is 3. The van der Waals surface area contributed by atoms with Crippen LogP contribution >= 0.6 is 11.3 Å². The molecule has 5 unspecified atom stereocenters. The van der Waals surface area contributed by atoms with Crippen LogP contribution < -0.4 is 10.6 Å². The van der Waals surface area contributed by atoms with Crippen molar-refractivity contribution in [3.05, 3.63) is 41.0 Å². The van der Waals surface area contributed by atoms with E-state index in [1.807, 2.05) is 57.5 Å². The van der Waals surface area contributed by atoms with Crippen LogP contribution in [0.3, 0.4) is 0 Å². The summed E-state index contributed by atoms with van der Waals surface area (Å²) in [5, 5.41) is 16.4. The molecule has 7 fully saturated rings. The Morgan fingerprint density at radius 3 is 2.23 bits per heavy atom. The highest BCUT2D eigenvalue weighted by atomic mass is 32.1. The minimum Gasteiger partial charge on any atom is -0.391 e. The van der Waals surface area contributed by atoms with Gasteiger partial charge in [0, 0.05) is 69.1 Å². The Balaban J connectivity index is 0.683. The second-order valence-electron chi connectivity index (χ2n) is 20.6. The second kappa shape index (κ2) is 20.5. The Hall–Kier alpha value is -3.35. The van der Waals surface area contributed by atoms with Gasteiger partial charge in [-0.3, -0.25) is 19.2 Å². The highest BCUT2D eigenvalue weighted by Crippen LogP contribution is 2.68. The summed E-state index contributed by atoms with van der Waals surface area (Å²) in [5.41, 5.74) is 3.81. The molecule has 1 aromatic heterocycles. The van der Waals surface area contributed by atoms with Crippen LogP contribution in [-0.2, 0) is 54.4 Å². The lowest BCUT2D eigenvalue weighted by Gasteiger charge is -2.61. The van der Waals surface area contributed by atoms with Crippen LogP contribution in [0.15, 0.2) is 29.8 Å². The van der Waals surface area contributed by atoms with Gasteiger partial charge in [-0.05, 0) is 80.8 Å². The molecule has 2 aliphatic heterocycles. The number of thiazole rings is 1. The number of rotatable bonds is 20. The lowest BCUT2D eigenvalue weighted by Crippen LogP contribution is -2.64. The lowest BCUT2D eigenvalue weighted by atomic mass is 9.46. The maximum atomic E-state index is 14.0. The minimum absolute atomic E-state index is 0.00240. The lowest BCUT2D eigenvalue weighted by molar-refractivity contribution is -0.393. The van der Waals surface area contributed by atoms with E-state index in [1.165, 1.54) is 11.3 Å². The molecule has 3 amide bonds. The van der Waals surface area contributed by atoms with Crippen molar-refractivity contribution in [2.75, 3.05) is 46.2 Å². The predicted molar refractivity (Wildman–Crippen MR) is 241 cm³/mol. The Labute approximate surface area is 387 Å².